The smallest absolute Gasteiger partial charge is 0.244 e. The van der Waals surface area contributed by atoms with Crippen molar-refractivity contribution in [3.05, 3.63) is 6.33 Å². The van der Waals surface area contributed by atoms with Crippen molar-refractivity contribution in [2.75, 3.05) is 18.9 Å². The van der Waals surface area contributed by atoms with Gasteiger partial charge in [-0.25, -0.2) is 0 Å². The summed E-state index contributed by atoms with van der Waals surface area (Å²) in [7, 11) is 0. The Labute approximate surface area is 101 Å². The van der Waals surface area contributed by atoms with Crippen LogP contribution in [0.2, 0.25) is 0 Å². The van der Waals surface area contributed by atoms with Crippen LogP contribution in [-0.2, 0) is 0 Å². The van der Waals surface area contributed by atoms with E-state index < -0.39 is 0 Å². The average Bonchev–Trinajstić information content (AvgIpc) is 2.27. The van der Waals surface area contributed by atoms with Gasteiger partial charge in [-0.2, -0.15) is 9.97 Å². The number of nitrogens with zero attached hydrogens (tertiary/aromatic N) is 2. The fourth-order valence-electron chi connectivity index (χ4n) is 1.83. The van der Waals surface area contributed by atoms with Crippen LogP contribution >= 0.6 is 0 Å². The Morgan fingerprint density at radius 3 is 2.59 bits per heavy atom. The standard InChI is InChI=1S/C12H19N3O2/c1-2-16-11-10(13)12(15-8-14-11)17-7-6-9-4-3-5-9/h8-9H,2-7,13H2,1H3. The zero-order chi connectivity index (χ0) is 12.1. The van der Waals surface area contributed by atoms with Gasteiger partial charge in [0.2, 0.25) is 11.8 Å². The molecule has 1 aliphatic carbocycles. The fraction of sp³-hybridized carbons (Fsp3) is 0.667. The van der Waals surface area contributed by atoms with Crippen LogP contribution in [0.4, 0.5) is 5.69 Å². The molecular weight excluding hydrogens is 218 g/mol. The van der Waals surface area contributed by atoms with E-state index in [0.29, 0.717) is 30.7 Å². The quantitative estimate of drug-likeness (QED) is 0.819. The molecule has 1 aromatic rings. The van der Waals surface area contributed by atoms with E-state index in [1.54, 1.807) is 0 Å². The van der Waals surface area contributed by atoms with Gasteiger partial charge in [0.05, 0.1) is 13.2 Å². The number of nitrogens with two attached hydrogens (primary N) is 1. The Kier molecular flexibility index (Phi) is 4.01. The summed E-state index contributed by atoms with van der Waals surface area (Å²) in [6.45, 7) is 3.08. The minimum Gasteiger partial charge on any atom is -0.476 e. The van der Waals surface area contributed by atoms with Crippen molar-refractivity contribution >= 4 is 5.69 Å². The second-order valence-corrected chi connectivity index (χ2v) is 4.26. The number of rotatable bonds is 6. The molecule has 1 saturated carbocycles. The first-order chi connectivity index (χ1) is 8.31. The van der Waals surface area contributed by atoms with Gasteiger partial charge in [-0.05, 0) is 19.3 Å². The van der Waals surface area contributed by atoms with Crippen molar-refractivity contribution in [3.63, 3.8) is 0 Å². The summed E-state index contributed by atoms with van der Waals surface area (Å²) in [5.74, 6) is 1.66. The van der Waals surface area contributed by atoms with Gasteiger partial charge >= 0.3 is 0 Å². The van der Waals surface area contributed by atoms with Gasteiger partial charge in [0.25, 0.3) is 0 Å². The van der Waals surface area contributed by atoms with Crippen molar-refractivity contribution in [1.82, 2.24) is 9.97 Å². The number of aromatic nitrogens is 2. The minimum atomic E-state index is 0.392. The lowest BCUT2D eigenvalue weighted by atomic mass is 9.83. The number of nitrogen functional groups attached to an aromatic ring is 1. The normalized spacial score (nSPS) is 15.4. The van der Waals surface area contributed by atoms with E-state index in [4.69, 9.17) is 15.2 Å². The molecule has 94 valence electrons. The molecular formula is C12H19N3O2. The summed E-state index contributed by atoms with van der Waals surface area (Å²) < 4.78 is 10.9. The van der Waals surface area contributed by atoms with Crippen molar-refractivity contribution < 1.29 is 9.47 Å². The molecule has 5 heteroatoms. The van der Waals surface area contributed by atoms with Crippen LogP contribution < -0.4 is 15.2 Å². The highest BCUT2D eigenvalue weighted by Gasteiger charge is 2.17. The van der Waals surface area contributed by atoms with Crippen molar-refractivity contribution in [1.29, 1.82) is 0 Å². The van der Waals surface area contributed by atoms with E-state index in [-0.39, 0.29) is 0 Å². The van der Waals surface area contributed by atoms with Crippen LogP contribution in [0.15, 0.2) is 6.33 Å². The molecule has 1 fully saturated rings. The number of ether oxygens (including phenoxy) is 2. The van der Waals surface area contributed by atoms with Crippen LogP contribution in [0.25, 0.3) is 0 Å². The number of hydrogen-bond donors (Lipinski definition) is 1. The monoisotopic (exact) mass is 237 g/mol. The van der Waals surface area contributed by atoms with E-state index in [9.17, 15) is 0 Å². The third-order valence-corrected chi connectivity index (χ3v) is 3.08. The SMILES string of the molecule is CCOc1ncnc(OCCC2CCC2)c1N. The summed E-state index contributed by atoms with van der Waals surface area (Å²) in [5, 5.41) is 0. The van der Waals surface area contributed by atoms with Crippen LogP contribution in [0.1, 0.15) is 32.6 Å². The molecule has 1 aliphatic rings. The van der Waals surface area contributed by atoms with Gasteiger partial charge in [0.1, 0.15) is 6.33 Å². The largest absolute Gasteiger partial charge is 0.476 e. The average molecular weight is 237 g/mol. The molecule has 1 heterocycles. The lowest BCUT2D eigenvalue weighted by Gasteiger charge is -2.24. The zero-order valence-corrected chi connectivity index (χ0v) is 10.2. The van der Waals surface area contributed by atoms with Crippen LogP contribution in [0, 0.1) is 5.92 Å². The molecule has 0 bridgehead atoms. The zero-order valence-electron chi connectivity index (χ0n) is 10.2. The third-order valence-electron chi connectivity index (χ3n) is 3.08. The third kappa shape index (κ3) is 2.99. The molecule has 0 amide bonds. The van der Waals surface area contributed by atoms with E-state index in [1.807, 2.05) is 6.92 Å². The van der Waals surface area contributed by atoms with E-state index in [1.165, 1.54) is 25.6 Å². The molecule has 0 unspecified atom stereocenters. The summed E-state index contributed by atoms with van der Waals surface area (Å²) in [5.41, 5.74) is 6.25. The Morgan fingerprint density at radius 1 is 1.29 bits per heavy atom. The minimum absolute atomic E-state index is 0.392. The van der Waals surface area contributed by atoms with Gasteiger partial charge < -0.3 is 15.2 Å². The van der Waals surface area contributed by atoms with Gasteiger partial charge in [-0.1, -0.05) is 19.3 Å². The fourth-order valence-corrected chi connectivity index (χ4v) is 1.83. The number of hydrogen-bond acceptors (Lipinski definition) is 5. The first-order valence-corrected chi connectivity index (χ1v) is 6.17. The maximum absolute atomic E-state index is 5.86. The molecule has 17 heavy (non-hydrogen) atoms. The Bertz CT molecular complexity index is 367. The lowest BCUT2D eigenvalue weighted by molar-refractivity contribution is 0.217. The van der Waals surface area contributed by atoms with Crippen LogP contribution in [-0.4, -0.2) is 23.2 Å². The molecule has 0 aromatic carbocycles. The summed E-state index contributed by atoms with van der Waals surface area (Å²) in [6.07, 6.45) is 6.50. The summed E-state index contributed by atoms with van der Waals surface area (Å²) in [6, 6.07) is 0. The predicted octanol–water partition coefficient (Wildman–Crippen LogP) is 2.03. The second kappa shape index (κ2) is 5.70. The van der Waals surface area contributed by atoms with Crippen LogP contribution in [0.3, 0.4) is 0 Å². The van der Waals surface area contributed by atoms with Gasteiger partial charge in [0, 0.05) is 0 Å². The Hall–Kier alpha value is -1.52. The molecule has 5 nitrogen and oxygen atoms in total. The van der Waals surface area contributed by atoms with Crippen molar-refractivity contribution in [2.45, 2.75) is 32.6 Å². The molecule has 0 aliphatic heterocycles. The topological polar surface area (TPSA) is 70.3 Å². The predicted molar refractivity (Wildman–Crippen MR) is 65.1 cm³/mol. The highest BCUT2D eigenvalue weighted by atomic mass is 16.5. The van der Waals surface area contributed by atoms with Gasteiger partial charge in [0.15, 0.2) is 5.69 Å². The highest BCUT2D eigenvalue weighted by molar-refractivity contribution is 5.55. The molecule has 0 radical (unpaired) electrons. The van der Waals surface area contributed by atoms with Crippen LogP contribution in [0.5, 0.6) is 11.8 Å². The van der Waals surface area contributed by atoms with Gasteiger partial charge in [-0.3, -0.25) is 0 Å². The lowest BCUT2D eigenvalue weighted by Crippen LogP contribution is -2.15. The molecule has 2 N–H and O–H groups in total. The first kappa shape index (κ1) is 12.0. The van der Waals surface area contributed by atoms with E-state index in [2.05, 4.69) is 9.97 Å². The summed E-state index contributed by atoms with van der Waals surface area (Å²) >= 11 is 0. The molecule has 0 saturated heterocycles. The first-order valence-electron chi connectivity index (χ1n) is 6.17. The maximum atomic E-state index is 5.86. The molecule has 0 spiro atoms. The van der Waals surface area contributed by atoms with E-state index in [0.717, 1.165) is 12.3 Å². The second-order valence-electron chi connectivity index (χ2n) is 4.26. The summed E-state index contributed by atoms with van der Waals surface area (Å²) in [4.78, 5) is 7.98. The maximum Gasteiger partial charge on any atom is 0.244 e. The highest BCUT2D eigenvalue weighted by Crippen LogP contribution is 2.30. The molecule has 0 atom stereocenters. The number of anilines is 1. The molecule has 1 aromatic heterocycles. The van der Waals surface area contributed by atoms with Crippen molar-refractivity contribution in [2.24, 2.45) is 5.92 Å². The molecule has 2 rings (SSSR count). The van der Waals surface area contributed by atoms with E-state index >= 15 is 0 Å². The van der Waals surface area contributed by atoms with Gasteiger partial charge in [-0.15, -0.1) is 0 Å². The Morgan fingerprint density at radius 2 is 2.00 bits per heavy atom. The Balaban J connectivity index is 1.87. The van der Waals surface area contributed by atoms with Crippen molar-refractivity contribution in [3.8, 4) is 11.8 Å².